The van der Waals surface area contributed by atoms with Gasteiger partial charge in [-0.15, -0.1) is 0 Å². The first-order chi connectivity index (χ1) is 14.0. The van der Waals surface area contributed by atoms with Crippen LogP contribution in [0.2, 0.25) is 0 Å². The highest BCUT2D eigenvalue weighted by Crippen LogP contribution is 2.37. The number of rotatable bonds is 6. The maximum atomic E-state index is 14.2. The van der Waals surface area contributed by atoms with Crippen molar-refractivity contribution in [2.45, 2.75) is 20.8 Å². The Labute approximate surface area is 167 Å². The molecule has 4 aromatic rings. The van der Waals surface area contributed by atoms with E-state index >= 15 is 0 Å². The number of anilines is 2. The number of benzene rings is 1. The van der Waals surface area contributed by atoms with Gasteiger partial charge in [0.05, 0.1) is 29.0 Å². The molecule has 0 atom stereocenters. The summed E-state index contributed by atoms with van der Waals surface area (Å²) in [4.78, 5) is 22.8. The topological polar surface area (TPSA) is 91.8 Å². The molecule has 3 aromatic heterocycles. The molecule has 0 saturated carbocycles. The zero-order valence-corrected chi connectivity index (χ0v) is 16.7. The van der Waals surface area contributed by atoms with Gasteiger partial charge in [0.15, 0.2) is 5.75 Å². The average molecular weight is 395 g/mol. The zero-order chi connectivity index (χ0) is 20.5. The Morgan fingerprint density at radius 2 is 1.86 bits per heavy atom. The highest BCUT2D eigenvalue weighted by Gasteiger charge is 2.20. The molecule has 0 fully saturated rings. The van der Waals surface area contributed by atoms with E-state index in [2.05, 4.69) is 35.1 Å². The van der Waals surface area contributed by atoms with Gasteiger partial charge in [0.25, 0.3) is 0 Å². The Balaban J connectivity index is 1.95. The van der Waals surface area contributed by atoms with Gasteiger partial charge in [0.2, 0.25) is 0 Å². The molecular formula is C20H22FN7O. The molecule has 1 aromatic carbocycles. The molecule has 0 saturated heterocycles. The summed E-state index contributed by atoms with van der Waals surface area (Å²) >= 11 is 0. The summed E-state index contributed by atoms with van der Waals surface area (Å²) in [6.07, 6.45) is 3.15. The van der Waals surface area contributed by atoms with E-state index in [9.17, 15) is 4.39 Å². The largest absolute Gasteiger partial charge is 0.421 e. The Morgan fingerprint density at radius 1 is 1.14 bits per heavy atom. The molecule has 4 rings (SSSR count). The maximum absolute atomic E-state index is 14.2. The molecule has 9 heteroatoms. The summed E-state index contributed by atoms with van der Waals surface area (Å²) in [6, 6.07) is 3.12. The Kier molecular flexibility index (Phi) is 4.87. The van der Waals surface area contributed by atoms with Gasteiger partial charge in [-0.05, 0) is 32.9 Å². The molecule has 8 nitrogen and oxygen atoms in total. The minimum atomic E-state index is -0.328. The number of aromatic amines is 1. The van der Waals surface area contributed by atoms with Crippen LogP contribution in [0.25, 0.3) is 21.9 Å². The summed E-state index contributed by atoms with van der Waals surface area (Å²) in [5, 5.41) is 4.50. The second kappa shape index (κ2) is 7.50. The van der Waals surface area contributed by atoms with Crippen molar-refractivity contribution in [2.75, 3.05) is 30.4 Å². The van der Waals surface area contributed by atoms with Crippen LogP contribution in [0, 0.1) is 12.7 Å². The zero-order valence-electron chi connectivity index (χ0n) is 16.7. The van der Waals surface area contributed by atoms with Crippen LogP contribution in [0.4, 0.5) is 15.9 Å². The maximum Gasteiger partial charge on any atom is 0.326 e. The van der Waals surface area contributed by atoms with Crippen molar-refractivity contribution in [3.05, 3.63) is 36.2 Å². The highest BCUT2D eigenvalue weighted by molar-refractivity contribution is 6.14. The lowest BCUT2D eigenvalue weighted by molar-refractivity contribution is 0.439. The smallest absolute Gasteiger partial charge is 0.326 e. The number of hydrogen-bond acceptors (Lipinski definition) is 7. The fraction of sp³-hybridized carbons (Fsp3) is 0.300. The van der Waals surface area contributed by atoms with Crippen LogP contribution in [0.15, 0.2) is 24.5 Å². The molecule has 29 heavy (non-hydrogen) atoms. The summed E-state index contributed by atoms with van der Waals surface area (Å²) in [6.45, 7) is 7.35. The van der Waals surface area contributed by atoms with E-state index in [-0.39, 0.29) is 11.8 Å². The Morgan fingerprint density at radius 3 is 2.52 bits per heavy atom. The van der Waals surface area contributed by atoms with E-state index in [1.807, 2.05) is 13.8 Å². The van der Waals surface area contributed by atoms with Crippen molar-refractivity contribution in [2.24, 2.45) is 0 Å². The number of aromatic nitrogens is 5. The first-order valence-electron chi connectivity index (χ1n) is 9.46. The van der Waals surface area contributed by atoms with Gasteiger partial charge in [-0.25, -0.2) is 14.4 Å². The number of ether oxygens (including phenoxy) is 1. The molecule has 0 aliphatic rings. The van der Waals surface area contributed by atoms with Crippen molar-refractivity contribution < 1.29 is 9.13 Å². The lowest BCUT2D eigenvalue weighted by atomic mass is 10.1. The van der Waals surface area contributed by atoms with Crippen molar-refractivity contribution in [3.8, 4) is 11.8 Å². The fourth-order valence-electron chi connectivity index (χ4n) is 3.36. The van der Waals surface area contributed by atoms with Crippen LogP contribution in [-0.4, -0.2) is 45.1 Å². The third-order valence-corrected chi connectivity index (χ3v) is 4.78. The lowest BCUT2D eigenvalue weighted by Crippen LogP contribution is -2.23. The van der Waals surface area contributed by atoms with Gasteiger partial charge in [-0.1, -0.05) is 0 Å². The summed E-state index contributed by atoms with van der Waals surface area (Å²) in [5.74, 6) is 1.45. The number of hydrogen-bond donors (Lipinski definition) is 2. The predicted molar refractivity (Wildman–Crippen MR) is 111 cm³/mol. The molecule has 2 N–H and O–H groups in total. The number of aryl methyl sites for hydroxylation is 1. The van der Waals surface area contributed by atoms with Gasteiger partial charge in [-0.3, -0.25) is 0 Å². The molecule has 0 bridgehead atoms. The SMILES string of the molecule is CCN(CC)c1nc(Oc2cnc(C)nc2)nc2[nH]c3c(NC)cc(F)cc3c12. The Hall–Kier alpha value is -3.49. The summed E-state index contributed by atoms with van der Waals surface area (Å²) < 4.78 is 20.1. The molecule has 0 aliphatic carbocycles. The molecule has 0 radical (unpaired) electrons. The monoisotopic (exact) mass is 395 g/mol. The second-order valence-corrected chi connectivity index (χ2v) is 6.54. The normalized spacial score (nSPS) is 11.2. The minimum Gasteiger partial charge on any atom is -0.421 e. The standard InChI is InChI=1S/C20H22FN7O/c1-5-28(6-2)19-16-14-7-12(21)8-15(22-4)17(14)25-18(16)26-20(27-19)29-13-9-23-11(3)24-10-13/h7-10,22H,5-6H2,1-4H3,(H,25,26,27). The first-order valence-corrected chi connectivity index (χ1v) is 9.46. The van der Waals surface area contributed by atoms with Gasteiger partial charge in [0, 0.05) is 25.5 Å². The number of H-pyrrole nitrogens is 1. The van der Waals surface area contributed by atoms with E-state index in [0.717, 1.165) is 29.4 Å². The second-order valence-electron chi connectivity index (χ2n) is 6.54. The number of nitrogens with zero attached hydrogens (tertiary/aromatic N) is 5. The molecule has 3 heterocycles. The van der Waals surface area contributed by atoms with E-state index < -0.39 is 0 Å². The molecule has 150 valence electrons. The third-order valence-electron chi connectivity index (χ3n) is 4.78. The predicted octanol–water partition coefficient (Wildman–Crippen LogP) is 4.03. The van der Waals surface area contributed by atoms with Gasteiger partial charge in [0.1, 0.15) is 23.1 Å². The molecule has 0 aliphatic heterocycles. The third kappa shape index (κ3) is 3.39. The van der Waals surface area contributed by atoms with Gasteiger partial charge in [-0.2, -0.15) is 9.97 Å². The van der Waals surface area contributed by atoms with E-state index in [0.29, 0.717) is 28.7 Å². The van der Waals surface area contributed by atoms with Crippen molar-refractivity contribution in [1.29, 1.82) is 0 Å². The summed E-state index contributed by atoms with van der Waals surface area (Å²) in [5.41, 5.74) is 1.99. The Bertz CT molecular complexity index is 1170. The quantitative estimate of drug-likeness (QED) is 0.509. The molecule has 0 spiro atoms. The first kappa shape index (κ1) is 18.9. The van der Waals surface area contributed by atoms with Crippen LogP contribution in [0.3, 0.4) is 0 Å². The van der Waals surface area contributed by atoms with Crippen LogP contribution in [0.5, 0.6) is 11.8 Å². The lowest BCUT2D eigenvalue weighted by Gasteiger charge is -2.21. The van der Waals surface area contributed by atoms with Gasteiger partial charge >= 0.3 is 6.01 Å². The molecule has 0 amide bonds. The van der Waals surface area contributed by atoms with E-state index in [1.165, 1.54) is 12.1 Å². The van der Waals surface area contributed by atoms with Crippen LogP contribution in [0.1, 0.15) is 19.7 Å². The van der Waals surface area contributed by atoms with Crippen molar-refractivity contribution >= 4 is 33.4 Å². The van der Waals surface area contributed by atoms with Crippen LogP contribution in [-0.2, 0) is 0 Å². The van der Waals surface area contributed by atoms with Crippen LogP contribution < -0.4 is 15.0 Å². The van der Waals surface area contributed by atoms with E-state index in [4.69, 9.17) is 4.74 Å². The highest BCUT2D eigenvalue weighted by atomic mass is 19.1. The van der Waals surface area contributed by atoms with E-state index in [1.54, 1.807) is 26.4 Å². The average Bonchev–Trinajstić information content (AvgIpc) is 3.08. The minimum absolute atomic E-state index is 0.171. The molecule has 0 unspecified atom stereocenters. The molecular weight excluding hydrogens is 373 g/mol. The van der Waals surface area contributed by atoms with Crippen LogP contribution >= 0.6 is 0 Å². The van der Waals surface area contributed by atoms with Crippen molar-refractivity contribution in [3.63, 3.8) is 0 Å². The van der Waals surface area contributed by atoms with Crippen molar-refractivity contribution in [1.82, 2.24) is 24.9 Å². The summed E-state index contributed by atoms with van der Waals surface area (Å²) in [7, 11) is 1.75. The van der Waals surface area contributed by atoms with Gasteiger partial charge < -0.3 is 19.9 Å². The number of fused-ring (bicyclic) bond motifs is 3. The number of halogens is 1. The number of nitrogens with one attached hydrogen (secondary N) is 2. The fourth-order valence-corrected chi connectivity index (χ4v) is 3.36.